The van der Waals surface area contributed by atoms with Crippen molar-refractivity contribution in [3.8, 4) is 17.5 Å². The number of rotatable bonds is 4. The van der Waals surface area contributed by atoms with Crippen molar-refractivity contribution < 1.29 is 9.53 Å². The van der Waals surface area contributed by atoms with Crippen LogP contribution in [-0.2, 0) is 16.6 Å². The molecule has 4 rings (SSSR count). The molecule has 28 heavy (non-hydrogen) atoms. The normalized spacial score (nSPS) is 14.7. The second-order valence-electron chi connectivity index (χ2n) is 6.63. The van der Waals surface area contributed by atoms with E-state index in [0.29, 0.717) is 41.5 Å². The van der Waals surface area contributed by atoms with E-state index in [9.17, 15) is 10.1 Å². The fourth-order valence-electron chi connectivity index (χ4n) is 3.33. The number of ether oxygens (including phenoxy) is 1. The van der Waals surface area contributed by atoms with E-state index in [0.717, 1.165) is 18.7 Å². The van der Waals surface area contributed by atoms with E-state index in [2.05, 4.69) is 21.4 Å². The van der Waals surface area contributed by atoms with Gasteiger partial charge in [0.1, 0.15) is 17.4 Å². The molecule has 1 aliphatic heterocycles. The average molecular weight is 376 g/mol. The number of nitrogens with zero attached hydrogens (tertiary/aromatic N) is 5. The van der Waals surface area contributed by atoms with E-state index in [1.807, 2.05) is 35.2 Å². The van der Waals surface area contributed by atoms with Crippen molar-refractivity contribution in [2.75, 3.05) is 38.2 Å². The van der Waals surface area contributed by atoms with Crippen molar-refractivity contribution >= 4 is 22.6 Å². The summed E-state index contributed by atoms with van der Waals surface area (Å²) in [4.78, 5) is 23.6. The summed E-state index contributed by atoms with van der Waals surface area (Å²) in [6.07, 6.45) is 1.66. The molecule has 0 aliphatic carbocycles. The van der Waals surface area contributed by atoms with Crippen molar-refractivity contribution in [3.63, 3.8) is 0 Å². The van der Waals surface area contributed by atoms with Gasteiger partial charge in [-0.25, -0.2) is 9.97 Å². The van der Waals surface area contributed by atoms with Crippen LogP contribution >= 0.6 is 0 Å². The Kier molecular flexibility index (Phi) is 5.02. The fraction of sp³-hybridized carbons (Fsp3) is 0.300. The maximum absolute atomic E-state index is 12.5. The van der Waals surface area contributed by atoms with E-state index >= 15 is 0 Å². The first-order valence-electron chi connectivity index (χ1n) is 9.08. The highest BCUT2D eigenvalue weighted by Crippen LogP contribution is 2.29. The highest BCUT2D eigenvalue weighted by molar-refractivity contribution is 6.04. The quantitative estimate of drug-likeness (QED) is 0.746. The van der Waals surface area contributed by atoms with Gasteiger partial charge in [-0.15, -0.1) is 0 Å². The first kappa shape index (κ1) is 18.1. The Labute approximate surface area is 162 Å². The summed E-state index contributed by atoms with van der Waals surface area (Å²) in [7, 11) is 1.76. The number of aryl methyl sites for hydroxylation is 1. The van der Waals surface area contributed by atoms with Crippen LogP contribution in [0.5, 0.6) is 0 Å². The molecule has 142 valence electrons. The second kappa shape index (κ2) is 7.76. The fourth-order valence-corrected chi connectivity index (χ4v) is 3.33. The third-order valence-electron chi connectivity index (χ3n) is 4.80. The summed E-state index contributed by atoms with van der Waals surface area (Å²) in [5.74, 6) is 0.405. The largest absolute Gasteiger partial charge is 0.379 e. The highest BCUT2D eigenvalue weighted by atomic mass is 16.5. The minimum absolute atomic E-state index is 0.168. The second-order valence-corrected chi connectivity index (χ2v) is 6.63. The number of hydrogen-bond donors (Lipinski definition) is 1. The van der Waals surface area contributed by atoms with Gasteiger partial charge in [0, 0.05) is 31.9 Å². The van der Waals surface area contributed by atoms with Crippen LogP contribution in [0.1, 0.15) is 5.69 Å². The third kappa shape index (κ3) is 3.45. The molecule has 0 spiro atoms. The van der Waals surface area contributed by atoms with Gasteiger partial charge in [0.05, 0.1) is 30.8 Å². The number of nitriles is 1. The monoisotopic (exact) mass is 376 g/mol. The molecule has 1 fully saturated rings. The van der Waals surface area contributed by atoms with Crippen LogP contribution < -0.4 is 5.32 Å². The van der Waals surface area contributed by atoms with Gasteiger partial charge in [-0.3, -0.25) is 9.69 Å². The van der Waals surface area contributed by atoms with Gasteiger partial charge < -0.3 is 14.6 Å². The molecular formula is C20H20N6O2. The molecule has 0 saturated carbocycles. The summed E-state index contributed by atoms with van der Waals surface area (Å²) < 4.78 is 7.00. The predicted octanol–water partition coefficient (Wildman–Crippen LogP) is 1.78. The van der Waals surface area contributed by atoms with Gasteiger partial charge in [-0.05, 0) is 0 Å². The lowest BCUT2D eigenvalue weighted by molar-refractivity contribution is -0.118. The number of benzene rings is 1. The van der Waals surface area contributed by atoms with Crippen LogP contribution in [0.3, 0.4) is 0 Å². The summed E-state index contributed by atoms with van der Waals surface area (Å²) in [6.45, 7) is 2.95. The third-order valence-corrected chi connectivity index (χ3v) is 4.80. The molecule has 1 saturated heterocycles. The van der Waals surface area contributed by atoms with Crippen LogP contribution in [0.4, 0.5) is 5.69 Å². The Morgan fingerprint density at radius 2 is 2.04 bits per heavy atom. The number of carbonyl (C=O) groups is 1. The molecule has 1 amide bonds. The lowest BCUT2D eigenvalue weighted by Crippen LogP contribution is -2.41. The molecule has 3 heterocycles. The van der Waals surface area contributed by atoms with E-state index in [4.69, 9.17) is 4.74 Å². The lowest BCUT2D eigenvalue weighted by atomic mass is 10.2. The van der Waals surface area contributed by atoms with Crippen LogP contribution in [-0.4, -0.2) is 58.2 Å². The zero-order valence-corrected chi connectivity index (χ0v) is 15.6. The number of aromatic nitrogens is 3. The van der Waals surface area contributed by atoms with Crippen LogP contribution in [0, 0.1) is 11.3 Å². The van der Waals surface area contributed by atoms with Gasteiger partial charge in [0.2, 0.25) is 5.91 Å². The first-order valence-corrected chi connectivity index (χ1v) is 9.08. The van der Waals surface area contributed by atoms with Crippen LogP contribution in [0.25, 0.3) is 22.4 Å². The molecule has 2 aromatic heterocycles. The van der Waals surface area contributed by atoms with Crippen molar-refractivity contribution in [3.05, 3.63) is 42.2 Å². The number of amides is 1. The summed E-state index contributed by atoms with van der Waals surface area (Å²) in [5.41, 5.74) is 2.30. The van der Waals surface area contributed by atoms with Gasteiger partial charge in [-0.2, -0.15) is 5.26 Å². The Morgan fingerprint density at radius 3 is 2.75 bits per heavy atom. The van der Waals surface area contributed by atoms with Gasteiger partial charge in [-0.1, -0.05) is 30.3 Å². The zero-order chi connectivity index (χ0) is 19.5. The summed E-state index contributed by atoms with van der Waals surface area (Å²) in [6, 6.07) is 11.8. The van der Waals surface area contributed by atoms with E-state index in [1.54, 1.807) is 17.8 Å². The predicted molar refractivity (Wildman–Crippen MR) is 105 cm³/mol. The number of fused-ring (bicyclic) bond motifs is 1. The molecular weight excluding hydrogens is 356 g/mol. The molecule has 1 aromatic carbocycles. The topological polar surface area (TPSA) is 96.1 Å². The van der Waals surface area contributed by atoms with Gasteiger partial charge in [0.15, 0.2) is 5.82 Å². The minimum Gasteiger partial charge on any atom is -0.379 e. The Morgan fingerprint density at radius 1 is 1.29 bits per heavy atom. The van der Waals surface area contributed by atoms with Crippen LogP contribution in [0.15, 0.2) is 36.5 Å². The molecule has 0 radical (unpaired) electrons. The zero-order valence-electron chi connectivity index (χ0n) is 15.6. The van der Waals surface area contributed by atoms with Crippen molar-refractivity contribution in [2.24, 2.45) is 7.05 Å². The van der Waals surface area contributed by atoms with Crippen molar-refractivity contribution in [1.82, 2.24) is 19.4 Å². The maximum atomic E-state index is 12.5. The molecule has 0 atom stereocenters. The molecule has 3 aromatic rings. The Balaban J connectivity index is 1.66. The van der Waals surface area contributed by atoms with Crippen molar-refractivity contribution in [2.45, 2.75) is 0 Å². The number of anilines is 1. The molecule has 0 bridgehead atoms. The Bertz CT molecular complexity index is 1050. The summed E-state index contributed by atoms with van der Waals surface area (Å²) >= 11 is 0. The minimum atomic E-state index is -0.168. The molecule has 8 nitrogen and oxygen atoms in total. The number of hydrogen-bond acceptors (Lipinski definition) is 6. The number of morpholine rings is 1. The highest BCUT2D eigenvalue weighted by Gasteiger charge is 2.21. The number of carbonyl (C=O) groups excluding carboxylic acids is 1. The van der Waals surface area contributed by atoms with E-state index in [1.165, 1.54) is 0 Å². The maximum Gasteiger partial charge on any atom is 0.238 e. The van der Waals surface area contributed by atoms with Crippen LogP contribution in [0.2, 0.25) is 0 Å². The SMILES string of the molecule is Cn1c(C#N)c(NC(=O)CN2CCOCC2)c2cnc(-c3ccccc3)nc21. The van der Waals surface area contributed by atoms with E-state index < -0.39 is 0 Å². The molecule has 1 aliphatic rings. The van der Waals surface area contributed by atoms with Gasteiger partial charge >= 0.3 is 0 Å². The van der Waals surface area contributed by atoms with E-state index in [-0.39, 0.29) is 12.5 Å². The van der Waals surface area contributed by atoms with Gasteiger partial charge in [0.25, 0.3) is 0 Å². The standard InChI is InChI=1S/C20H20N6O2/c1-25-16(11-21)18(23-17(27)13-26-7-9-28-10-8-26)15-12-22-19(24-20(15)25)14-5-3-2-4-6-14/h2-6,12H,7-10,13H2,1H3,(H,23,27). The smallest absolute Gasteiger partial charge is 0.238 e. The average Bonchev–Trinajstić information content (AvgIpc) is 2.99. The van der Waals surface area contributed by atoms with Crippen molar-refractivity contribution in [1.29, 1.82) is 5.26 Å². The summed E-state index contributed by atoms with van der Waals surface area (Å²) in [5, 5.41) is 13.2. The molecule has 1 N–H and O–H groups in total. The Hall–Kier alpha value is -3.28. The lowest BCUT2D eigenvalue weighted by Gasteiger charge is -2.25. The number of nitrogens with one attached hydrogen (secondary N) is 1. The first-order chi connectivity index (χ1) is 13.7. The molecule has 8 heteroatoms. The molecule has 0 unspecified atom stereocenters.